The van der Waals surface area contributed by atoms with Crippen molar-refractivity contribution in [2.45, 2.75) is 72.1 Å². The highest BCUT2D eigenvalue weighted by atomic mass is 16.1. The Balaban J connectivity index is 2.67. The van der Waals surface area contributed by atoms with Gasteiger partial charge in [0.1, 0.15) is 5.78 Å². The number of carbonyl (C=O) groups excluding carboxylic acids is 1. The maximum atomic E-state index is 11.9. The van der Waals surface area contributed by atoms with Gasteiger partial charge in [-0.2, -0.15) is 0 Å². The lowest BCUT2D eigenvalue weighted by molar-refractivity contribution is -0.129. The quantitative estimate of drug-likeness (QED) is 0.659. The van der Waals surface area contributed by atoms with Crippen LogP contribution in [0, 0.1) is 11.3 Å². The van der Waals surface area contributed by atoms with Gasteiger partial charge >= 0.3 is 0 Å². The minimum absolute atomic E-state index is 0.0644. The third kappa shape index (κ3) is 3.06. The molecule has 0 N–H and O–H groups in total. The van der Waals surface area contributed by atoms with Gasteiger partial charge in [0, 0.05) is 5.41 Å². The zero-order chi connectivity index (χ0) is 11.3. The van der Waals surface area contributed by atoms with E-state index < -0.39 is 0 Å². The second-order valence-electron chi connectivity index (χ2n) is 5.28. The van der Waals surface area contributed by atoms with Crippen molar-refractivity contribution in [2.24, 2.45) is 11.3 Å². The molecule has 1 heteroatoms. The summed E-state index contributed by atoms with van der Waals surface area (Å²) < 4.78 is 0. The fourth-order valence-electron chi connectivity index (χ4n) is 3.06. The summed E-state index contributed by atoms with van der Waals surface area (Å²) in [6.45, 7) is 6.32. The topological polar surface area (TPSA) is 17.1 Å². The van der Waals surface area contributed by atoms with Crippen LogP contribution in [-0.4, -0.2) is 5.78 Å². The molecule has 1 fully saturated rings. The molecule has 15 heavy (non-hydrogen) atoms. The average Bonchev–Trinajstić information content (AvgIpc) is 2.27. The third-order valence-corrected chi connectivity index (χ3v) is 4.39. The summed E-state index contributed by atoms with van der Waals surface area (Å²) in [7, 11) is 0. The predicted octanol–water partition coefficient (Wildman–Crippen LogP) is 4.35. The van der Waals surface area contributed by atoms with Gasteiger partial charge in [0.2, 0.25) is 0 Å². The van der Waals surface area contributed by atoms with E-state index in [0.717, 1.165) is 25.2 Å². The summed E-state index contributed by atoms with van der Waals surface area (Å²) >= 11 is 0. The minimum Gasteiger partial charge on any atom is -0.299 e. The fourth-order valence-corrected chi connectivity index (χ4v) is 3.06. The van der Waals surface area contributed by atoms with Gasteiger partial charge in [0.05, 0.1) is 0 Å². The van der Waals surface area contributed by atoms with Crippen molar-refractivity contribution in [1.82, 2.24) is 0 Å². The van der Waals surface area contributed by atoms with E-state index in [0.29, 0.717) is 5.78 Å². The molecule has 0 aromatic carbocycles. The first kappa shape index (κ1) is 12.7. The Bertz CT molecular complexity index is 197. The van der Waals surface area contributed by atoms with Gasteiger partial charge in [-0.1, -0.05) is 46.0 Å². The van der Waals surface area contributed by atoms with Crippen LogP contribution in [0.1, 0.15) is 72.1 Å². The molecule has 1 saturated carbocycles. The molecule has 0 aromatic rings. The van der Waals surface area contributed by atoms with Crippen molar-refractivity contribution in [3.63, 3.8) is 0 Å². The Kier molecular flexibility index (Phi) is 4.82. The second kappa shape index (κ2) is 5.67. The molecular formula is C14H26O. The van der Waals surface area contributed by atoms with Crippen LogP contribution < -0.4 is 0 Å². The molecule has 1 aliphatic carbocycles. The van der Waals surface area contributed by atoms with Crippen LogP contribution in [0.25, 0.3) is 0 Å². The first-order valence-corrected chi connectivity index (χ1v) is 6.65. The summed E-state index contributed by atoms with van der Waals surface area (Å²) in [5.41, 5.74) is 0.0644. The number of hydrogen-bond donors (Lipinski definition) is 0. The number of ketones is 1. The summed E-state index contributed by atoms with van der Waals surface area (Å²) in [6.07, 6.45) is 9.77. The van der Waals surface area contributed by atoms with E-state index in [1.165, 1.54) is 32.1 Å². The normalized spacial score (nSPS) is 20.5. The lowest BCUT2D eigenvalue weighted by Gasteiger charge is -2.37. The van der Waals surface area contributed by atoms with Gasteiger partial charge in [-0.05, 0) is 32.1 Å². The van der Waals surface area contributed by atoms with Gasteiger partial charge in [-0.25, -0.2) is 0 Å². The highest BCUT2D eigenvalue weighted by Gasteiger charge is 2.37. The highest BCUT2D eigenvalue weighted by molar-refractivity contribution is 5.82. The van der Waals surface area contributed by atoms with E-state index in [-0.39, 0.29) is 5.41 Å². The first-order valence-electron chi connectivity index (χ1n) is 6.65. The maximum absolute atomic E-state index is 11.9. The van der Waals surface area contributed by atoms with Crippen LogP contribution in [0.15, 0.2) is 0 Å². The van der Waals surface area contributed by atoms with Crippen molar-refractivity contribution in [3.05, 3.63) is 0 Å². The van der Waals surface area contributed by atoms with Gasteiger partial charge in [0.15, 0.2) is 0 Å². The van der Waals surface area contributed by atoms with Gasteiger partial charge in [0.25, 0.3) is 0 Å². The summed E-state index contributed by atoms with van der Waals surface area (Å²) in [6, 6.07) is 0. The largest absolute Gasteiger partial charge is 0.299 e. The third-order valence-electron chi connectivity index (χ3n) is 4.39. The average molecular weight is 210 g/mol. The zero-order valence-electron chi connectivity index (χ0n) is 10.6. The zero-order valence-corrected chi connectivity index (χ0v) is 10.6. The van der Waals surface area contributed by atoms with Gasteiger partial charge < -0.3 is 0 Å². The van der Waals surface area contributed by atoms with Crippen LogP contribution in [0.5, 0.6) is 0 Å². The predicted molar refractivity (Wildman–Crippen MR) is 64.9 cm³/mol. The van der Waals surface area contributed by atoms with Crippen LogP contribution in [0.2, 0.25) is 0 Å². The molecule has 0 spiro atoms. The van der Waals surface area contributed by atoms with Crippen molar-refractivity contribution >= 4 is 5.78 Å². The van der Waals surface area contributed by atoms with Crippen LogP contribution in [-0.2, 0) is 4.79 Å². The van der Waals surface area contributed by atoms with E-state index in [9.17, 15) is 4.79 Å². The number of carbonyl (C=O) groups is 1. The first-order chi connectivity index (χ1) is 7.14. The van der Waals surface area contributed by atoms with Crippen molar-refractivity contribution in [1.29, 1.82) is 0 Å². The van der Waals surface area contributed by atoms with E-state index in [1.807, 2.05) is 6.92 Å². The lowest BCUT2D eigenvalue weighted by atomic mass is 9.66. The van der Waals surface area contributed by atoms with Crippen LogP contribution in [0.3, 0.4) is 0 Å². The standard InChI is InChI=1S/C14H26O/c1-4-13(5-2)11-14(12(3)15)9-7-6-8-10-14/h13H,4-11H2,1-3H3. The number of rotatable bonds is 5. The molecule has 0 amide bonds. The molecule has 1 rings (SSSR count). The molecule has 0 bridgehead atoms. The Morgan fingerprint density at radius 3 is 2.07 bits per heavy atom. The Labute approximate surface area is 94.6 Å². The van der Waals surface area contributed by atoms with E-state index in [1.54, 1.807) is 0 Å². The molecule has 0 atom stereocenters. The van der Waals surface area contributed by atoms with E-state index in [2.05, 4.69) is 13.8 Å². The minimum atomic E-state index is 0.0644. The Morgan fingerprint density at radius 1 is 1.13 bits per heavy atom. The van der Waals surface area contributed by atoms with Gasteiger partial charge in [-0.15, -0.1) is 0 Å². The molecule has 88 valence electrons. The fraction of sp³-hybridized carbons (Fsp3) is 0.929. The molecule has 0 heterocycles. The Morgan fingerprint density at radius 2 is 1.67 bits per heavy atom. The SMILES string of the molecule is CCC(CC)CC1(C(C)=O)CCCCC1. The molecule has 0 aliphatic heterocycles. The van der Waals surface area contributed by atoms with Gasteiger partial charge in [-0.3, -0.25) is 4.79 Å². The summed E-state index contributed by atoms with van der Waals surface area (Å²) in [4.78, 5) is 11.9. The highest BCUT2D eigenvalue weighted by Crippen LogP contribution is 2.43. The molecule has 1 aliphatic rings. The smallest absolute Gasteiger partial charge is 0.135 e. The van der Waals surface area contributed by atoms with E-state index >= 15 is 0 Å². The maximum Gasteiger partial charge on any atom is 0.135 e. The summed E-state index contributed by atoms with van der Waals surface area (Å²) in [5, 5.41) is 0. The van der Waals surface area contributed by atoms with Crippen molar-refractivity contribution < 1.29 is 4.79 Å². The second-order valence-corrected chi connectivity index (χ2v) is 5.28. The number of Topliss-reactive ketones (excluding diaryl/α,β-unsaturated/α-hetero) is 1. The monoisotopic (exact) mass is 210 g/mol. The molecule has 0 radical (unpaired) electrons. The molecule has 0 unspecified atom stereocenters. The number of hydrogen-bond acceptors (Lipinski definition) is 1. The van der Waals surface area contributed by atoms with Crippen molar-refractivity contribution in [3.8, 4) is 0 Å². The summed E-state index contributed by atoms with van der Waals surface area (Å²) in [5.74, 6) is 1.21. The molecule has 0 saturated heterocycles. The Hall–Kier alpha value is -0.330. The van der Waals surface area contributed by atoms with E-state index in [4.69, 9.17) is 0 Å². The molecule has 1 nitrogen and oxygen atoms in total. The van der Waals surface area contributed by atoms with Crippen LogP contribution in [0.4, 0.5) is 0 Å². The van der Waals surface area contributed by atoms with Crippen molar-refractivity contribution in [2.75, 3.05) is 0 Å². The molecular weight excluding hydrogens is 184 g/mol. The lowest BCUT2D eigenvalue weighted by Crippen LogP contribution is -2.33. The van der Waals surface area contributed by atoms with Crippen LogP contribution >= 0.6 is 0 Å². The molecule has 0 aromatic heterocycles.